The molecule has 0 spiro atoms. The third-order valence-electron chi connectivity index (χ3n) is 4.53. The molecule has 0 bridgehead atoms. The number of hydrogen-bond acceptors (Lipinski definition) is 1. The van der Waals surface area contributed by atoms with Gasteiger partial charge >= 0.3 is 0 Å². The first-order valence-electron chi connectivity index (χ1n) is 8.48. The summed E-state index contributed by atoms with van der Waals surface area (Å²) in [7, 11) is 0. The van der Waals surface area contributed by atoms with Crippen molar-refractivity contribution < 1.29 is 4.79 Å². The quantitative estimate of drug-likeness (QED) is 0.629. The number of hydrogen-bond donors (Lipinski definition) is 0. The number of fused-ring (bicyclic) bond motifs is 1. The van der Waals surface area contributed by atoms with Crippen LogP contribution in [0.5, 0.6) is 0 Å². The van der Waals surface area contributed by atoms with Gasteiger partial charge in [-0.1, -0.05) is 72.1 Å². The number of unbranched alkanes of at least 4 members (excludes halogenated alkanes) is 1. The zero-order chi connectivity index (χ0) is 17.1. The third-order valence-corrected chi connectivity index (χ3v) is 5.06. The van der Waals surface area contributed by atoms with Crippen LogP contribution in [0.2, 0.25) is 0 Å². The van der Waals surface area contributed by atoms with E-state index >= 15 is 0 Å². The Morgan fingerprint density at radius 3 is 2.50 bits per heavy atom. The summed E-state index contributed by atoms with van der Waals surface area (Å²) >= 11 is 3.49. The summed E-state index contributed by atoms with van der Waals surface area (Å²) in [4.78, 5) is 14.5. The highest BCUT2D eigenvalue weighted by Crippen LogP contribution is 2.41. The average Bonchev–Trinajstić information content (AvgIpc) is 2.59. The maximum absolute atomic E-state index is 12.5. The predicted octanol–water partition coefficient (Wildman–Crippen LogP) is 6.04. The molecule has 1 atom stereocenters. The molecule has 3 heteroatoms. The summed E-state index contributed by atoms with van der Waals surface area (Å²) in [5.74, 6) is 0.0970. The Morgan fingerprint density at radius 1 is 1.12 bits per heavy atom. The summed E-state index contributed by atoms with van der Waals surface area (Å²) in [6.45, 7) is 3.86. The number of nitrogens with zero attached hydrogens (tertiary/aromatic N) is 1. The molecule has 0 aliphatic carbocycles. The van der Waals surface area contributed by atoms with E-state index in [4.69, 9.17) is 0 Å². The van der Waals surface area contributed by atoms with E-state index in [0.29, 0.717) is 0 Å². The first-order chi connectivity index (χ1) is 11.6. The van der Waals surface area contributed by atoms with Crippen LogP contribution in [0.4, 0.5) is 0 Å². The molecule has 0 radical (unpaired) electrons. The molecule has 1 unspecified atom stereocenters. The molecule has 1 aliphatic rings. The van der Waals surface area contributed by atoms with Crippen LogP contribution in [0.15, 0.2) is 53.0 Å². The predicted molar refractivity (Wildman–Crippen MR) is 103 cm³/mol. The van der Waals surface area contributed by atoms with Gasteiger partial charge in [-0.2, -0.15) is 0 Å². The van der Waals surface area contributed by atoms with E-state index in [2.05, 4.69) is 65.3 Å². The van der Waals surface area contributed by atoms with E-state index in [1.807, 2.05) is 17.0 Å². The minimum atomic E-state index is 0.0970. The Bertz CT molecular complexity index is 764. The molecule has 24 heavy (non-hydrogen) atoms. The number of benzene rings is 2. The Hall–Kier alpha value is -1.87. The number of amides is 1. The monoisotopic (exact) mass is 383 g/mol. The Morgan fingerprint density at radius 2 is 1.83 bits per heavy atom. The van der Waals surface area contributed by atoms with Crippen LogP contribution in [-0.2, 0) is 4.79 Å². The number of rotatable bonds is 4. The van der Waals surface area contributed by atoms with Gasteiger partial charge in [-0.15, -0.1) is 0 Å². The molecule has 0 aromatic heterocycles. The van der Waals surface area contributed by atoms with E-state index in [1.165, 1.54) is 11.1 Å². The molecule has 0 N–H and O–H groups in total. The molecule has 2 aromatic rings. The maximum atomic E-state index is 12.5. The van der Waals surface area contributed by atoms with Crippen molar-refractivity contribution in [1.29, 1.82) is 0 Å². The van der Waals surface area contributed by atoms with Crippen molar-refractivity contribution in [2.45, 2.75) is 39.2 Å². The lowest BCUT2D eigenvalue weighted by Crippen LogP contribution is -2.34. The second kappa shape index (κ2) is 7.35. The van der Waals surface area contributed by atoms with Gasteiger partial charge < -0.3 is 4.90 Å². The van der Waals surface area contributed by atoms with Gasteiger partial charge in [0.1, 0.15) is 0 Å². The molecule has 2 aromatic carbocycles. The molecule has 2 nitrogen and oxygen atoms in total. The molecule has 0 saturated carbocycles. The van der Waals surface area contributed by atoms with Crippen LogP contribution in [0.25, 0.3) is 11.8 Å². The van der Waals surface area contributed by atoms with Crippen molar-refractivity contribution in [2.24, 2.45) is 0 Å². The molecule has 0 saturated heterocycles. The second-order valence-electron chi connectivity index (χ2n) is 6.21. The van der Waals surface area contributed by atoms with Gasteiger partial charge in [0, 0.05) is 11.4 Å². The van der Waals surface area contributed by atoms with Gasteiger partial charge in [-0.3, -0.25) is 4.79 Å². The lowest BCUT2D eigenvalue weighted by Gasteiger charge is -2.37. The Labute approximate surface area is 152 Å². The maximum Gasteiger partial charge on any atom is 0.224 e. The lowest BCUT2D eigenvalue weighted by molar-refractivity contribution is -0.127. The zero-order valence-electron chi connectivity index (χ0n) is 14.1. The van der Waals surface area contributed by atoms with Crippen molar-refractivity contribution in [3.8, 4) is 0 Å². The fourth-order valence-corrected chi connectivity index (χ4v) is 3.65. The number of carbonyl (C=O) groups is 1. The molecule has 1 amide bonds. The fraction of sp³-hybridized carbons (Fsp3) is 0.286. The van der Waals surface area contributed by atoms with Crippen LogP contribution in [0, 0.1) is 0 Å². The summed E-state index contributed by atoms with van der Waals surface area (Å²) in [5, 5.41) is 0. The van der Waals surface area contributed by atoms with Crippen LogP contribution in [-0.4, -0.2) is 10.8 Å². The van der Waals surface area contributed by atoms with Crippen molar-refractivity contribution in [1.82, 2.24) is 4.90 Å². The first kappa shape index (κ1) is 17.0. The van der Waals surface area contributed by atoms with Gasteiger partial charge in [0.25, 0.3) is 0 Å². The lowest BCUT2D eigenvalue weighted by atomic mass is 9.89. The minimum Gasteiger partial charge on any atom is -0.305 e. The molecular weight excluding hydrogens is 362 g/mol. The van der Waals surface area contributed by atoms with Gasteiger partial charge in [0.15, 0.2) is 0 Å². The van der Waals surface area contributed by atoms with Crippen LogP contribution in [0.3, 0.4) is 0 Å². The standard InChI is InChI=1S/C21H22BrNO/c1-3-4-9-20-19-8-6-5-7-17(19)14-21(23(20)15(2)24)16-10-12-18(22)13-11-16/h5-8,10-14,20H,3-4,9H2,1-2H3. The van der Waals surface area contributed by atoms with Crippen molar-refractivity contribution in [3.63, 3.8) is 0 Å². The highest BCUT2D eigenvalue weighted by atomic mass is 79.9. The highest BCUT2D eigenvalue weighted by molar-refractivity contribution is 9.10. The smallest absolute Gasteiger partial charge is 0.224 e. The summed E-state index contributed by atoms with van der Waals surface area (Å²) in [6, 6.07) is 16.7. The fourth-order valence-electron chi connectivity index (χ4n) is 3.38. The van der Waals surface area contributed by atoms with Crippen molar-refractivity contribution >= 4 is 33.6 Å². The van der Waals surface area contributed by atoms with E-state index in [1.54, 1.807) is 6.92 Å². The van der Waals surface area contributed by atoms with Crippen molar-refractivity contribution in [2.75, 3.05) is 0 Å². The minimum absolute atomic E-state index is 0.0970. The van der Waals surface area contributed by atoms with Crippen LogP contribution < -0.4 is 0 Å². The molecule has 0 fully saturated rings. The SMILES string of the molecule is CCCCC1c2ccccc2C=C(c2ccc(Br)cc2)N1C(C)=O. The van der Waals surface area contributed by atoms with Crippen molar-refractivity contribution in [3.05, 3.63) is 69.7 Å². The molecule has 1 heterocycles. The van der Waals surface area contributed by atoms with Crippen LogP contribution >= 0.6 is 15.9 Å². The third kappa shape index (κ3) is 3.32. The average molecular weight is 384 g/mol. The zero-order valence-corrected chi connectivity index (χ0v) is 15.7. The van der Waals surface area contributed by atoms with E-state index in [-0.39, 0.29) is 11.9 Å². The normalized spacial score (nSPS) is 16.5. The number of carbonyl (C=O) groups excluding carboxylic acids is 1. The second-order valence-corrected chi connectivity index (χ2v) is 7.13. The van der Waals surface area contributed by atoms with Crippen LogP contribution in [0.1, 0.15) is 55.8 Å². The van der Waals surface area contributed by atoms with Gasteiger partial charge in [-0.25, -0.2) is 0 Å². The summed E-state index contributed by atoms with van der Waals surface area (Å²) in [6.07, 6.45) is 5.36. The highest BCUT2D eigenvalue weighted by Gasteiger charge is 2.31. The van der Waals surface area contributed by atoms with E-state index in [0.717, 1.165) is 35.0 Å². The van der Waals surface area contributed by atoms with E-state index < -0.39 is 0 Å². The molecule has 3 rings (SSSR count). The first-order valence-corrected chi connectivity index (χ1v) is 9.27. The summed E-state index contributed by atoms with van der Waals surface area (Å²) < 4.78 is 1.04. The largest absolute Gasteiger partial charge is 0.305 e. The number of halogens is 1. The van der Waals surface area contributed by atoms with E-state index in [9.17, 15) is 4.79 Å². The van der Waals surface area contributed by atoms with Gasteiger partial charge in [-0.05, 0) is 41.3 Å². The molecule has 124 valence electrons. The molecular formula is C21H22BrNO. The Balaban J connectivity index is 2.13. The topological polar surface area (TPSA) is 20.3 Å². The summed E-state index contributed by atoms with van der Waals surface area (Å²) in [5.41, 5.74) is 4.54. The Kier molecular flexibility index (Phi) is 5.20. The molecule has 1 aliphatic heterocycles. The van der Waals surface area contributed by atoms with Gasteiger partial charge in [0.2, 0.25) is 5.91 Å². The van der Waals surface area contributed by atoms with Gasteiger partial charge in [0.05, 0.1) is 11.7 Å².